The molecule has 1 aromatic carbocycles. The highest BCUT2D eigenvalue weighted by atomic mass is 32.1. The molecular formula is C25H27N5O2S2. The lowest BCUT2D eigenvalue weighted by Gasteiger charge is -2.18. The van der Waals surface area contributed by atoms with Gasteiger partial charge in [0.1, 0.15) is 15.9 Å². The molecule has 1 amide bonds. The number of nitrogens with zero attached hydrogens (tertiary/aromatic N) is 4. The van der Waals surface area contributed by atoms with Crippen molar-refractivity contribution >= 4 is 43.9 Å². The van der Waals surface area contributed by atoms with Crippen LogP contribution in [0.4, 0.5) is 5.13 Å². The van der Waals surface area contributed by atoms with E-state index in [0.717, 1.165) is 34.5 Å². The fourth-order valence-corrected chi connectivity index (χ4v) is 6.43. The van der Waals surface area contributed by atoms with Crippen LogP contribution in [0.5, 0.6) is 0 Å². The number of hydrogen-bond donors (Lipinski definition) is 1. The van der Waals surface area contributed by atoms with E-state index in [0.29, 0.717) is 27.7 Å². The molecule has 0 spiro atoms. The Morgan fingerprint density at radius 1 is 1.18 bits per heavy atom. The van der Waals surface area contributed by atoms with E-state index in [2.05, 4.69) is 20.5 Å². The lowest BCUT2D eigenvalue weighted by Crippen LogP contribution is -2.33. The van der Waals surface area contributed by atoms with Gasteiger partial charge in [0.15, 0.2) is 0 Å². The number of aryl methyl sites for hydroxylation is 1. The van der Waals surface area contributed by atoms with Crippen LogP contribution >= 0.6 is 22.7 Å². The van der Waals surface area contributed by atoms with Gasteiger partial charge in [0, 0.05) is 16.9 Å². The van der Waals surface area contributed by atoms with Gasteiger partial charge in [0.2, 0.25) is 11.0 Å². The maximum atomic E-state index is 13.5. The smallest absolute Gasteiger partial charge is 0.263 e. The molecule has 176 valence electrons. The van der Waals surface area contributed by atoms with Crippen molar-refractivity contribution in [3.05, 3.63) is 56.9 Å². The monoisotopic (exact) mass is 493 g/mol. The molecule has 5 rings (SSSR count). The zero-order valence-electron chi connectivity index (χ0n) is 19.3. The molecule has 1 aliphatic carbocycles. The van der Waals surface area contributed by atoms with Gasteiger partial charge in [-0.15, -0.1) is 21.5 Å². The van der Waals surface area contributed by atoms with Crippen LogP contribution in [0.25, 0.3) is 21.3 Å². The third-order valence-electron chi connectivity index (χ3n) is 6.53. The van der Waals surface area contributed by atoms with Crippen molar-refractivity contribution in [2.24, 2.45) is 0 Å². The largest absolute Gasteiger partial charge is 0.299 e. The Morgan fingerprint density at radius 2 is 1.94 bits per heavy atom. The first kappa shape index (κ1) is 22.9. The molecule has 9 heteroatoms. The highest BCUT2D eigenvalue weighted by molar-refractivity contribution is 7.17. The van der Waals surface area contributed by atoms with Gasteiger partial charge in [0.25, 0.3) is 5.56 Å². The molecule has 1 atom stereocenters. The molecular weight excluding hydrogens is 466 g/mol. The van der Waals surface area contributed by atoms with E-state index in [4.69, 9.17) is 0 Å². The fourth-order valence-electron chi connectivity index (χ4n) is 4.61. The Morgan fingerprint density at radius 3 is 2.68 bits per heavy atom. The second-order valence-electron chi connectivity index (χ2n) is 8.85. The van der Waals surface area contributed by atoms with E-state index in [1.54, 1.807) is 0 Å². The fraction of sp³-hybridized carbons (Fsp3) is 0.400. The molecule has 34 heavy (non-hydrogen) atoms. The molecule has 1 unspecified atom stereocenters. The Balaban J connectivity index is 1.42. The molecule has 1 N–H and O–H groups in total. The summed E-state index contributed by atoms with van der Waals surface area (Å²) in [4.78, 5) is 31.9. The maximum absolute atomic E-state index is 13.5. The molecule has 1 saturated carbocycles. The molecule has 4 aromatic rings. The van der Waals surface area contributed by atoms with Crippen molar-refractivity contribution in [2.45, 2.75) is 64.3 Å². The summed E-state index contributed by atoms with van der Waals surface area (Å²) in [5.41, 5.74) is 2.77. The first-order valence-electron chi connectivity index (χ1n) is 11.7. The third-order valence-corrected chi connectivity index (χ3v) is 8.42. The molecule has 0 saturated heterocycles. The number of fused-ring (bicyclic) bond motifs is 1. The summed E-state index contributed by atoms with van der Waals surface area (Å²) < 4.78 is 1.45. The van der Waals surface area contributed by atoms with Gasteiger partial charge in [0.05, 0.1) is 11.7 Å². The van der Waals surface area contributed by atoms with E-state index in [9.17, 15) is 9.59 Å². The second-order valence-corrected chi connectivity index (χ2v) is 10.7. The number of carbonyl (C=O) groups is 1. The molecule has 3 aromatic heterocycles. The van der Waals surface area contributed by atoms with E-state index in [-0.39, 0.29) is 11.5 Å². The van der Waals surface area contributed by atoms with Crippen molar-refractivity contribution in [3.8, 4) is 11.1 Å². The van der Waals surface area contributed by atoms with Crippen LogP contribution in [0.15, 0.2) is 40.8 Å². The van der Waals surface area contributed by atoms with Crippen molar-refractivity contribution < 1.29 is 4.79 Å². The highest BCUT2D eigenvalue weighted by Crippen LogP contribution is 2.35. The summed E-state index contributed by atoms with van der Waals surface area (Å²) in [5, 5.41) is 15.4. The summed E-state index contributed by atoms with van der Waals surface area (Å²) in [6.07, 6.45) is 7.92. The van der Waals surface area contributed by atoms with E-state index in [1.807, 2.05) is 43.5 Å². The van der Waals surface area contributed by atoms with E-state index >= 15 is 0 Å². The Hall–Kier alpha value is -2.91. The zero-order chi connectivity index (χ0) is 23.7. The molecule has 1 aliphatic rings. The van der Waals surface area contributed by atoms with Crippen LogP contribution in [0.3, 0.4) is 0 Å². The number of benzene rings is 1. The summed E-state index contributed by atoms with van der Waals surface area (Å²) in [7, 11) is 0. The lowest BCUT2D eigenvalue weighted by molar-refractivity contribution is -0.119. The zero-order valence-corrected chi connectivity index (χ0v) is 20.9. The van der Waals surface area contributed by atoms with Gasteiger partial charge in [-0.3, -0.25) is 19.5 Å². The Bertz CT molecular complexity index is 1370. The van der Waals surface area contributed by atoms with Crippen molar-refractivity contribution in [2.75, 3.05) is 5.32 Å². The first-order valence-corrected chi connectivity index (χ1v) is 13.4. The van der Waals surface area contributed by atoms with Gasteiger partial charge in [-0.1, -0.05) is 67.4 Å². The molecule has 0 radical (unpaired) electrons. The predicted molar refractivity (Wildman–Crippen MR) is 138 cm³/mol. The number of carbonyl (C=O) groups excluding carboxylic acids is 1. The van der Waals surface area contributed by atoms with Crippen molar-refractivity contribution in [3.63, 3.8) is 0 Å². The van der Waals surface area contributed by atoms with Crippen LogP contribution in [0.2, 0.25) is 0 Å². The summed E-state index contributed by atoms with van der Waals surface area (Å²) in [6, 6.07) is 7.39. The standard InChI is InChI=1S/C25H27N5O2S2/c1-3-19(21(31)27-25-29-28-22(34-25)17-7-5-4-6-8-17)30-14-26-23-20(24(30)32)18(13-33-23)16-11-9-15(2)10-12-16/h9-14,17,19H,3-8H2,1-2H3,(H,27,29,31). The number of nitrogens with one attached hydrogen (secondary N) is 1. The van der Waals surface area contributed by atoms with Gasteiger partial charge in [-0.2, -0.15) is 0 Å². The summed E-state index contributed by atoms with van der Waals surface area (Å²) in [6.45, 7) is 3.92. The predicted octanol–water partition coefficient (Wildman–Crippen LogP) is 5.92. The van der Waals surface area contributed by atoms with Crippen molar-refractivity contribution in [1.82, 2.24) is 19.7 Å². The molecule has 7 nitrogen and oxygen atoms in total. The Kier molecular flexibility index (Phi) is 6.56. The number of thiophene rings is 1. The second kappa shape index (κ2) is 9.76. The highest BCUT2D eigenvalue weighted by Gasteiger charge is 2.25. The van der Waals surface area contributed by atoms with E-state index < -0.39 is 6.04 Å². The van der Waals surface area contributed by atoms with Gasteiger partial charge >= 0.3 is 0 Å². The first-order chi connectivity index (χ1) is 16.5. The molecule has 1 fully saturated rings. The Labute approximate surface area is 205 Å². The van der Waals surface area contributed by atoms with Crippen LogP contribution < -0.4 is 10.9 Å². The van der Waals surface area contributed by atoms with Crippen LogP contribution in [0, 0.1) is 6.92 Å². The molecule has 3 heterocycles. The minimum absolute atomic E-state index is 0.205. The number of aromatic nitrogens is 4. The number of hydrogen-bond acceptors (Lipinski definition) is 7. The molecule has 0 aliphatic heterocycles. The number of amides is 1. The lowest BCUT2D eigenvalue weighted by atomic mass is 9.90. The minimum atomic E-state index is -0.683. The van der Waals surface area contributed by atoms with Crippen LogP contribution in [-0.4, -0.2) is 25.7 Å². The van der Waals surface area contributed by atoms with Gasteiger partial charge < -0.3 is 0 Å². The summed E-state index contributed by atoms with van der Waals surface area (Å²) in [5.74, 6) is 0.163. The van der Waals surface area contributed by atoms with Crippen LogP contribution in [0.1, 0.15) is 68.0 Å². The average molecular weight is 494 g/mol. The van der Waals surface area contributed by atoms with Crippen LogP contribution in [-0.2, 0) is 4.79 Å². The average Bonchev–Trinajstić information content (AvgIpc) is 3.50. The molecule has 0 bridgehead atoms. The number of rotatable bonds is 6. The van der Waals surface area contributed by atoms with E-state index in [1.165, 1.54) is 52.8 Å². The van der Waals surface area contributed by atoms with Gasteiger partial charge in [-0.05, 0) is 31.7 Å². The quantitative estimate of drug-likeness (QED) is 0.360. The van der Waals surface area contributed by atoms with Crippen molar-refractivity contribution in [1.29, 1.82) is 0 Å². The van der Waals surface area contributed by atoms with Gasteiger partial charge in [-0.25, -0.2) is 4.98 Å². The maximum Gasteiger partial charge on any atom is 0.263 e. The minimum Gasteiger partial charge on any atom is -0.299 e. The normalized spacial score (nSPS) is 15.5. The number of anilines is 1. The SMILES string of the molecule is CCC(C(=O)Nc1nnc(C2CCCCC2)s1)n1cnc2scc(-c3ccc(C)cc3)c2c1=O. The topological polar surface area (TPSA) is 89.8 Å². The third kappa shape index (κ3) is 4.42. The summed E-state index contributed by atoms with van der Waals surface area (Å²) >= 11 is 2.89.